The van der Waals surface area contributed by atoms with Crippen LogP contribution in [0, 0.1) is 0 Å². The Morgan fingerprint density at radius 3 is 2.60 bits per heavy atom. The summed E-state index contributed by atoms with van der Waals surface area (Å²) in [6.45, 7) is 2.88. The summed E-state index contributed by atoms with van der Waals surface area (Å²) < 4.78 is 0. The Hall–Kier alpha value is -1.35. The summed E-state index contributed by atoms with van der Waals surface area (Å²) in [6, 6.07) is 9.01. The zero-order valence-electron chi connectivity index (χ0n) is 9.27. The average Bonchev–Trinajstić information content (AvgIpc) is 2.27. The first-order valence-electron chi connectivity index (χ1n) is 5.22. The molecule has 0 heterocycles. The normalized spacial score (nSPS) is 10.3. The highest BCUT2D eigenvalue weighted by atomic mass is 16.7. The molecule has 0 aromatic heterocycles. The van der Waals surface area contributed by atoms with Gasteiger partial charge in [0.1, 0.15) is 0 Å². The standard InChI is InChI=1S/C12H17NO2/c1-3-4-10-13(2)15-12(14)11-8-6-5-7-9-11/h5-9H,3-4,10H2,1-2H3. The van der Waals surface area contributed by atoms with Gasteiger partial charge in [-0.25, -0.2) is 4.79 Å². The summed E-state index contributed by atoms with van der Waals surface area (Å²) in [7, 11) is 1.77. The number of hydrogen-bond donors (Lipinski definition) is 0. The van der Waals surface area contributed by atoms with Gasteiger partial charge in [0, 0.05) is 13.6 Å². The molecule has 0 atom stereocenters. The van der Waals surface area contributed by atoms with Crippen molar-refractivity contribution in [3.63, 3.8) is 0 Å². The van der Waals surface area contributed by atoms with Gasteiger partial charge >= 0.3 is 5.97 Å². The van der Waals surface area contributed by atoms with Gasteiger partial charge in [0.25, 0.3) is 0 Å². The second-order valence-corrected chi connectivity index (χ2v) is 3.45. The van der Waals surface area contributed by atoms with Crippen LogP contribution >= 0.6 is 0 Å². The molecule has 0 amide bonds. The highest BCUT2D eigenvalue weighted by Gasteiger charge is 2.09. The molecular weight excluding hydrogens is 190 g/mol. The minimum Gasteiger partial charge on any atom is -0.364 e. The van der Waals surface area contributed by atoms with Gasteiger partial charge in [0.05, 0.1) is 5.56 Å². The van der Waals surface area contributed by atoms with Crippen molar-refractivity contribution in [2.45, 2.75) is 19.8 Å². The third-order valence-electron chi connectivity index (χ3n) is 2.07. The fourth-order valence-electron chi connectivity index (χ4n) is 1.19. The third kappa shape index (κ3) is 4.13. The maximum atomic E-state index is 11.6. The molecule has 1 rings (SSSR count). The van der Waals surface area contributed by atoms with E-state index in [1.54, 1.807) is 24.2 Å². The van der Waals surface area contributed by atoms with E-state index in [4.69, 9.17) is 4.84 Å². The summed E-state index contributed by atoms with van der Waals surface area (Å²) in [4.78, 5) is 16.7. The van der Waals surface area contributed by atoms with E-state index in [-0.39, 0.29) is 5.97 Å². The highest BCUT2D eigenvalue weighted by molar-refractivity contribution is 5.89. The lowest BCUT2D eigenvalue weighted by atomic mass is 10.2. The number of rotatable bonds is 5. The first-order valence-corrected chi connectivity index (χ1v) is 5.22. The Morgan fingerprint density at radius 2 is 2.00 bits per heavy atom. The van der Waals surface area contributed by atoms with E-state index in [0.29, 0.717) is 5.56 Å². The van der Waals surface area contributed by atoms with Crippen LogP contribution in [0.1, 0.15) is 30.1 Å². The number of carbonyl (C=O) groups is 1. The van der Waals surface area contributed by atoms with Crippen molar-refractivity contribution < 1.29 is 9.63 Å². The van der Waals surface area contributed by atoms with E-state index in [1.807, 2.05) is 18.2 Å². The minimum absolute atomic E-state index is 0.297. The Labute approximate surface area is 90.6 Å². The molecule has 1 aromatic carbocycles. The van der Waals surface area contributed by atoms with Gasteiger partial charge in [0.15, 0.2) is 0 Å². The fourth-order valence-corrected chi connectivity index (χ4v) is 1.19. The highest BCUT2D eigenvalue weighted by Crippen LogP contribution is 2.03. The van der Waals surface area contributed by atoms with Crippen LogP contribution in [-0.2, 0) is 4.84 Å². The van der Waals surface area contributed by atoms with Crippen LogP contribution in [-0.4, -0.2) is 24.6 Å². The number of carbonyl (C=O) groups excluding carboxylic acids is 1. The second kappa shape index (κ2) is 6.19. The van der Waals surface area contributed by atoms with E-state index >= 15 is 0 Å². The van der Waals surface area contributed by atoms with E-state index in [9.17, 15) is 4.79 Å². The lowest BCUT2D eigenvalue weighted by Crippen LogP contribution is -2.24. The van der Waals surface area contributed by atoms with Gasteiger partial charge in [-0.05, 0) is 18.6 Å². The maximum Gasteiger partial charge on any atom is 0.357 e. The van der Waals surface area contributed by atoms with Crippen molar-refractivity contribution in [3.05, 3.63) is 35.9 Å². The molecule has 82 valence electrons. The average molecular weight is 207 g/mol. The Balaban J connectivity index is 2.42. The summed E-state index contributed by atoms with van der Waals surface area (Å²) in [6.07, 6.45) is 2.12. The molecule has 0 N–H and O–H groups in total. The molecule has 0 saturated carbocycles. The first kappa shape index (κ1) is 11.7. The van der Waals surface area contributed by atoms with Gasteiger partial charge in [-0.1, -0.05) is 31.5 Å². The van der Waals surface area contributed by atoms with Crippen molar-refractivity contribution in [1.82, 2.24) is 5.06 Å². The molecule has 0 fully saturated rings. The lowest BCUT2D eigenvalue weighted by Gasteiger charge is -2.15. The second-order valence-electron chi connectivity index (χ2n) is 3.45. The molecule has 0 aliphatic rings. The number of hydrogen-bond acceptors (Lipinski definition) is 3. The quantitative estimate of drug-likeness (QED) is 0.695. The molecule has 3 nitrogen and oxygen atoms in total. The molecule has 3 heteroatoms. The lowest BCUT2D eigenvalue weighted by molar-refractivity contribution is -0.0906. The van der Waals surface area contributed by atoms with Crippen LogP contribution < -0.4 is 0 Å². The minimum atomic E-state index is -0.297. The first-order chi connectivity index (χ1) is 7.24. The molecule has 0 spiro atoms. The van der Waals surface area contributed by atoms with Crippen molar-refractivity contribution >= 4 is 5.97 Å². The zero-order chi connectivity index (χ0) is 11.1. The van der Waals surface area contributed by atoms with E-state index in [2.05, 4.69) is 6.92 Å². The van der Waals surface area contributed by atoms with Gasteiger partial charge in [-0.3, -0.25) is 0 Å². The van der Waals surface area contributed by atoms with Crippen molar-refractivity contribution in [1.29, 1.82) is 0 Å². The topological polar surface area (TPSA) is 29.5 Å². The van der Waals surface area contributed by atoms with Crippen LogP contribution in [0.25, 0.3) is 0 Å². The van der Waals surface area contributed by atoms with E-state index in [0.717, 1.165) is 19.4 Å². The zero-order valence-corrected chi connectivity index (χ0v) is 9.27. The Bertz CT molecular complexity index is 298. The number of nitrogens with zero attached hydrogens (tertiary/aromatic N) is 1. The summed E-state index contributed by atoms with van der Waals surface area (Å²) in [5, 5.41) is 1.58. The predicted molar refractivity (Wildman–Crippen MR) is 59.4 cm³/mol. The van der Waals surface area contributed by atoms with Crippen LogP contribution in [0.2, 0.25) is 0 Å². The van der Waals surface area contributed by atoms with Crippen LogP contribution in [0.4, 0.5) is 0 Å². The smallest absolute Gasteiger partial charge is 0.357 e. The van der Waals surface area contributed by atoms with E-state index < -0.39 is 0 Å². The summed E-state index contributed by atoms with van der Waals surface area (Å²) >= 11 is 0. The molecule has 0 aliphatic carbocycles. The molecule has 15 heavy (non-hydrogen) atoms. The molecule has 0 radical (unpaired) electrons. The fraction of sp³-hybridized carbons (Fsp3) is 0.417. The van der Waals surface area contributed by atoms with Crippen molar-refractivity contribution in [2.24, 2.45) is 0 Å². The van der Waals surface area contributed by atoms with Crippen LogP contribution in [0.3, 0.4) is 0 Å². The molecule has 0 bridgehead atoms. The van der Waals surface area contributed by atoms with Gasteiger partial charge in [0.2, 0.25) is 0 Å². The number of unbranched alkanes of at least 4 members (excludes halogenated alkanes) is 1. The molecule has 1 aromatic rings. The van der Waals surface area contributed by atoms with Gasteiger partial charge in [-0.2, -0.15) is 0 Å². The van der Waals surface area contributed by atoms with Crippen molar-refractivity contribution in [3.8, 4) is 0 Å². The largest absolute Gasteiger partial charge is 0.364 e. The number of hydroxylamine groups is 2. The molecular formula is C12H17NO2. The van der Waals surface area contributed by atoms with Crippen LogP contribution in [0.15, 0.2) is 30.3 Å². The maximum absolute atomic E-state index is 11.6. The van der Waals surface area contributed by atoms with Crippen LogP contribution in [0.5, 0.6) is 0 Å². The van der Waals surface area contributed by atoms with E-state index in [1.165, 1.54) is 0 Å². The Kier molecular flexibility index (Phi) is 4.84. The third-order valence-corrected chi connectivity index (χ3v) is 2.07. The molecule has 0 aliphatic heterocycles. The van der Waals surface area contributed by atoms with Gasteiger partial charge < -0.3 is 4.84 Å². The molecule has 0 saturated heterocycles. The Morgan fingerprint density at radius 1 is 1.33 bits per heavy atom. The predicted octanol–water partition coefficient (Wildman–Crippen LogP) is 2.49. The SMILES string of the molecule is CCCCN(C)OC(=O)c1ccccc1. The monoisotopic (exact) mass is 207 g/mol. The number of benzene rings is 1. The molecule has 0 unspecified atom stereocenters. The summed E-state index contributed by atoms with van der Waals surface area (Å²) in [5.74, 6) is -0.297. The van der Waals surface area contributed by atoms with Gasteiger partial charge in [-0.15, -0.1) is 5.06 Å². The van der Waals surface area contributed by atoms with Crippen molar-refractivity contribution in [2.75, 3.05) is 13.6 Å². The summed E-state index contributed by atoms with van der Waals surface area (Å²) in [5.41, 5.74) is 0.584.